The Bertz CT molecular complexity index is 1130. The summed E-state index contributed by atoms with van der Waals surface area (Å²) < 4.78 is 0. The van der Waals surface area contributed by atoms with Gasteiger partial charge in [-0.05, 0) is 24.6 Å². The molecule has 0 aliphatic carbocycles. The lowest BCUT2D eigenvalue weighted by Crippen LogP contribution is -2.22. The highest BCUT2D eigenvalue weighted by Gasteiger charge is 2.23. The average Bonchev–Trinajstić information content (AvgIpc) is 3.16. The highest BCUT2D eigenvalue weighted by molar-refractivity contribution is 7.15. The predicted molar refractivity (Wildman–Crippen MR) is 123 cm³/mol. The molecule has 3 rings (SSSR count). The molecule has 5 nitrogen and oxygen atoms in total. The molecule has 2 N–H and O–H groups in total. The molecule has 2 aromatic carbocycles. The SMILES string of the molecule is C/C=C(/C(=O)Nc1scc(-c2ccc(Cl)cc2)c1C(=O)O)C(=NC)c1ccccc1. The van der Waals surface area contributed by atoms with Gasteiger partial charge in [-0.3, -0.25) is 9.79 Å². The van der Waals surface area contributed by atoms with Crippen molar-refractivity contribution in [1.29, 1.82) is 0 Å². The molecule has 0 bridgehead atoms. The number of aromatic carboxylic acids is 1. The summed E-state index contributed by atoms with van der Waals surface area (Å²) in [4.78, 5) is 29.3. The number of hydrogen-bond donors (Lipinski definition) is 2. The minimum atomic E-state index is -1.12. The molecule has 1 amide bonds. The number of nitrogens with one attached hydrogen (secondary N) is 1. The number of carboxylic acids is 1. The summed E-state index contributed by atoms with van der Waals surface area (Å²) in [5, 5.41) is 15.1. The molecule has 7 heteroatoms. The first-order chi connectivity index (χ1) is 14.5. The Hall–Kier alpha value is -3.22. The molecule has 152 valence electrons. The van der Waals surface area contributed by atoms with Crippen molar-refractivity contribution in [3.63, 3.8) is 0 Å². The second-order valence-electron chi connectivity index (χ2n) is 6.26. The maximum absolute atomic E-state index is 13.0. The maximum atomic E-state index is 13.0. The number of carbonyl (C=O) groups excluding carboxylic acids is 1. The summed E-state index contributed by atoms with van der Waals surface area (Å²) in [6.07, 6.45) is 1.67. The summed E-state index contributed by atoms with van der Waals surface area (Å²) >= 11 is 7.09. The second kappa shape index (κ2) is 9.52. The number of carbonyl (C=O) groups is 2. The summed E-state index contributed by atoms with van der Waals surface area (Å²) in [5.74, 6) is -1.54. The molecule has 0 fully saturated rings. The van der Waals surface area contributed by atoms with Crippen LogP contribution in [0, 0.1) is 0 Å². The van der Waals surface area contributed by atoms with Crippen molar-refractivity contribution in [2.45, 2.75) is 6.92 Å². The van der Waals surface area contributed by atoms with E-state index in [4.69, 9.17) is 11.6 Å². The van der Waals surface area contributed by atoms with E-state index in [1.54, 1.807) is 49.7 Å². The average molecular weight is 439 g/mol. The zero-order valence-corrected chi connectivity index (χ0v) is 17.9. The summed E-state index contributed by atoms with van der Waals surface area (Å²) in [5.41, 5.74) is 2.97. The van der Waals surface area contributed by atoms with Crippen LogP contribution >= 0.6 is 22.9 Å². The number of rotatable bonds is 6. The van der Waals surface area contributed by atoms with Gasteiger partial charge in [0.2, 0.25) is 0 Å². The van der Waals surface area contributed by atoms with Crippen LogP contribution in [0.1, 0.15) is 22.8 Å². The Morgan fingerprint density at radius 2 is 1.77 bits per heavy atom. The van der Waals surface area contributed by atoms with Gasteiger partial charge in [0.1, 0.15) is 10.6 Å². The van der Waals surface area contributed by atoms with Gasteiger partial charge in [0.15, 0.2) is 0 Å². The predicted octanol–water partition coefficient (Wildman–Crippen LogP) is 5.77. The summed E-state index contributed by atoms with van der Waals surface area (Å²) in [6, 6.07) is 16.2. The number of thiophene rings is 1. The van der Waals surface area contributed by atoms with Gasteiger partial charge in [-0.15, -0.1) is 11.3 Å². The highest BCUT2D eigenvalue weighted by atomic mass is 35.5. The maximum Gasteiger partial charge on any atom is 0.339 e. The van der Waals surface area contributed by atoms with Crippen LogP contribution in [0.5, 0.6) is 0 Å². The minimum absolute atomic E-state index is 0.0424. The quantitative estimate of drug-likeness (QED) is 0.378. The van der Waals surface area contributed by atoms with Crippen LogP contribution in [0.15, 0.2) is 76.6 Å². The van der Waals surface area contributed by atoms with Crippen LogP contribution in [0.25, 0.3) is 11.1 Å². The molecular formula is C23H19ClN2O3S. The van der Waals surface area contributed by atoms with E-state index in [2.05, 4.69) is 10.3 Å². The van der Waals surface area contributed by atoms with Crippen LogP contribution in [0.4, 0.5) is 5.00 Å². The largest absolute Gasteiger partial charge is 0.478 e. The van der Waals surface area contributed by atoms with E-state index in [-0.39, 0.29) is 10.6 Å². The van der Waals surface area contributed by atoms with Crippen LogP contribution in [0.2, 0.25) is 5.02 Å². The van der Waals surface area contributed by atoms with Gasteiger partial charge in [-0.1, -0.05) is 60.1 Å². The molecule has 0 unspecified atom stereocenters. The first-order valence-corrected chi connectivity index (χ1v) is 10.3. The Morgan fingerprint density at radius 3 is 2.33 bits per heavy atom. The van der Waals surface area contributed by atoms with Gasteiger partial charge in [0, 0.05) is 28.6 Å². The number of amides is 1. The topological polar surface area (TPSA) is 78.8 Å². The Balaban J connectivity index is 1.94. The van der Waals surface area contributed by atoms with E-state index in [9.17, 15) is 14.7 Å². The number of hydrogen-bond acceptors (Lipinski definition) is 4. The minimum Gasteiger partial charge on any atom is -0.478 e. The molecule has 0 atom stereocenters. The fourth-order valence-corrected chi connectivity index (χ4v) is 4.13. The first-order valence-electron chi connectivity index (χ1n) is 9.07. The molecule has 0 saturated carbocycles. The smallest absolute Gasteiger partial charge is 0.339 e. The van der Waals surface area contributed by atoms with E-state index in [1.807, 2.05) is 30.3 Å². The van der Waals surface area contributed by atoms with Crippen molar-refractivity contribution >= 4 is 45.5 Å². The number of aliphatic imine (C=N–C) groups is 1. The van der Waals surface area contributed by atoms with Crippen LogP contribution in [-0.4, -0.2) is 29.7 Å². The van der Waals surface area contributed by atoms with Gasteiger partial charge < -0.3 is 10.4 Å². The zero-order chi connectivity index (χ0) is 21.7. The van der Waals surface area contributed by atoms with Gasteiger partial charge in [0.05, 0.1) is 11.3 Å². The van der Waals surface area contributed by atoms with E-state index in [0.717, 1.165) is 16.9 Å². The standard InChI is InChI=1S/C23H19ClN2O3S/c1-3-17(20(25-2)15-7-5-4-6-8-15)21(27)26-22-19(23(28)29)18(13-30-22)14-9-11-16(24)12-10-14/h3-13H,1-2H3,(H,26,27)(H,28,29)/b17-3+,25-20?. The molecule has 0 saturated heterocycles. The molecule has 0 radical (unpaired) electrons. The van der Waals surface area contributed by atoms with Crippen LogP contribution in [-0.2, 0) is 4.79 Å². The Morgan fingerprint density at radius 1 is 1.10 bits per heavy atom. The number of carboxylic acid groups (broad SMARTS) is 1. The molecular weight excluding hydrogens is 420 g/mol. The third-order valence-corrected chi connectivity index (χ3v) is 5.59. The molecule has 0 aliphatic rings. The number of allylic oxidation sites excluding steroid dienone is 1. The lowest BCUT2D eigenvalue weighted by Gasteiger charge is -2.11. The van der Waals surface area contributed by atoms with Gasteiger partial charge in [0.25, 0.3) is 5.91 Å². The zero-order valence-electron chi connectivity index (χ0n) is 16.3. The Kier molecular flexibility index (Phi) is 6.82. The third kappa shape index (κ3) is 4.50. The molecule has 0 aliphatic heterocycles. The number of nitrogens with zero attached hydrogens (tertiary/aromatic N) is 1. The van der Waals surface area contributed by atoms with Crippen molar-refractivity contribution in [3.05, 3.63) is 87.8 Å². The molecule has 30 heavy (non-hydrogen) atoms. The van der Waals surface area contributed by atoms with E-state index in [1.165, 1.54) is 0 Å². The molecule has 1 aromatic heterocycles. The number of halogens is 1. The Labute approximate surface area is 183 Å². The fraction of sp³-hybridized carbons (Fsp3) is 0.0870. The normalized spacial score (nSPS) is 12.0. The summed E-state index contributed by atoms with van der Waals surface area (Å²) in [7, 11) is 1.62. The molecule has 0 spiro atoms. The monoisotopic (exact) mass is 438 g/mol. The van der Waals surface area contributed by atoms with Crippen LogP contribution in [0.3, 0.4) is 0 Å². The van der Waals surface area contributed by atoms with Crippen molar-refractivity contribution in [2.24, 2.45) is 4.99 Å². The number of anilines is 1. The van der Waals surface area contributed by atoms with E-state index < -0.39 is 11.9 Å². The van der Waals surface area contributed by atoms with Crippen molar-refractivity contribution in [2.75, 3.05) is 12.4 Å². The van der Waals surface area contributed by atoms with E-state index >= 15 is 0 Å². The van der Waals surface area contributed by atoms with Crippen LogP contribution < -0.4 is 5.32 Å². The number of benzene rings is 2. The summed E-state index contributed by atoms with van der Waals surface area (Å²) in [6.45, 7) is 1.74. The lowest BCUT2D eigenvalue weighted by molar-refractivity contribution is -0.112. The fourth-order valence-electron chi connectivity index (χ4n) is 3.05. The van der Waals surface area contributed by atoms with Gasteiger partial charge in [-0.2, -0.15) is 0 Å². The first kappa shape index (κ1) is 21.5. The highest BCUT2D eigenvalue weighted by Crippen LogP contribution is 2.36. The third-order valence-electron chi connectivity index (χ3n) is 4.45. The molecule has 1 heterocycles. The molecule has 3 aromatic rings. The second-order valence-corrected chi connectivity index (χ2v) is 7.58. The lowest BCUT2D eigenvalue weighted by atomic mass is 10.0. The van der Waals surface area contributed by atoms with Crippen molar-refractivity contribution in [1.82, 2.24) is 0 Å². The van der Waals surface area contributed by atoms with Crippen molar-refractivity contribution in [3.8, 4) is 11.1 Å². The van der Waals surface area contributed by atoms with Gasteiger partial charge in [-0.25, -0.2) is 4.79 Å². The van der Waals surface area contributed by atoms with E-state index in [0.29, 0.717) is 27.4 Å². The van der Waals surface area contributed by atoms with Crippen molar-refractivity contribution < 1.29 is 14.7 Å². The van der Waals surface area contributed by atoms with Gasteiger partial charge >= 0.3 is 5.97 Å².